The van der Waals surface area contributed by atoms with Gasteiger partial charge in [-0.25, -0.2) is 4.79 Å². The van der Waals surface area contributed by atoms with Gasteiger partial charge >= 0.3 is 17.8 Å². The van der Waals surface area contributed by atoms with Gasteiger partial charge in [0, 0.05) is 4.70 Å². The van der Waals surface area contributed by atoms with Crippen molar-refractivity contribution < 1.29 is 19.1 Å². The third-order valence-corrected chi connectivity index (χ3v) is 5.64. The van der Waals surface area contributed by atoms with Crippen molar-refractivity contribution in [2.45, 2.75) is 13.0 Å². The third kappa shape index (κ3) is 3.61. The van der Waals surface area contributed by atoms with Crippen LogP contribution >= 0.6 is 22.7 Å². The molecule has 2 heterocycles. The standard InChI is InChI=1S/C18H16N2O4S2/c1-10(13-9-26-14-6-4-3-5-11(13)14)19-15(21)16(22)20-17-12(7-8-25-17)18(23)24-2/h3-10H,1-2H3,(H,19,21)(H,20,22). The van der Waals surface area contributed by atoms with Crippen molar-refractivity contribution in [1.29, 1.82) is 0 Å². The van der Waals surface area contributed by atoms with Gasteiger partial charge < -0.3 is 15.4 Å². The molecule has 2 N–H and O–H groups in total. The first-order chi connectivity index (χ1) is 12.5. The number of hydrogen-bond acceptors (Lipinski definition) is 6. The van der Waals surface area contributed by atoms with Crippen LogP contribution < -0.4 is 10.6 Å². The van der Waals surface area contributed by atoms with E-state index in [1.165, 1.54) is 13.2 Å². The van der Waals surface area contributed by atoms with E-state index in [1.807, 2.05) is 36.6 Å². The molecule has 2 amide bonds. The van der Waals surface area contributed by atoms with Gasteiger partial charge in [-0.05, 0) is 40.8 Å². The van der Waals surface area contributed by atoms with Crippen LogP contribution in [0.15, 0.2) is 41.1 Å². The van der Waals surface area contributed by atoms with Crippen LogP contribution in [-0.2, 0) is 14.3 Å². The Hall–Kier alpha value is -2.71. The monoisotopic (exact) mass is 388 g/mol. The number of amides is 2. The van der Waals surface area contributed by atoms with Gasteiger partial charge in [-0.2, -0.15) is 0 Å². The Bertz CT molecular complexity index is 976. The minimum atomic E-state index is -0.830. The molecule has 0 radical (unpaired) electrons. The first-order valence-corrected chi connectivity index (χ1v) is 9.51. The molecule has 1 unspecified atom stereocenters. The number of ether oxygens (including phenoxy) is 1. The molecule has 0 aliphatic rings. The molecular formula is C18H16N2O4S2. The number of carbonyl (C=O) groups is 3. The lowest BCUT2D eigenvalue weighted by Crippen LogP contribution is -2.36. The van der Waals surface area contributed by atoms with E-state index in [1.54, 1.807) is 16.7 Å². The van der Waals surface area contributed by atoms with E-state index in [0.29, 0.717) is 0 Å². The zero-order chi connectivity index (χ0) is 18.7. The van der Waals surface area contributed by atoms with E-state index in [0.717, 1.165) is 27.0 Å². The average Bonchev–Trinajstić information content (AvgIpc) is 3.27. The molecule has 0 saturated carbocycles. The predicted octanol–water partition coefficient (Wildman–Crippen LogP) is 3.57. The lowest BCUT2D eigenvalue weighted by atomic mass is 10.1. The maximum atomic E-state index is 12.2. The van der Waals surface area contributed by atoms with Gasteiger partial charge in [0.25, 0.3) is 0 Å². The summed E-state index contributed by atoms with van der Waals surface area (Å²) in [5, 5.41) is 10.1. The number of nitrogens with one attached hydrogen (secondary N) is 2. The van der Waals surface area contributed by atoms with E-state index in [4.69, 9.17) is 0 Å². The number of anilines is 1. The fourth-order valence-electron chi connectivity index (χ4n) is 2.51. The van der Waals surface area contributed by atoms with Crippen molar-refractivity contribution in [2.75, 3.05) is 12.4 Å². The van der Waals surface area contributed by atoms with Gasteiger partial charge in [-0.3, -0.25) is 9.59 Å². The predicted molar refractivity (Wildman–Crippen MR) is 103 cm³/mol. The number of thiophene rings is 2. The van der Waals surface area contributed by atoms with Crippen LogP contribution in [0.4, 0.5) is 5.00 Å². The second kappa shape index (κ2) is 7.67. The molecule has 8 heteroatoms. The Morgan fingerprint density at radius 2 is 1.85 bits per heavy atom. The highest BCUT2D eigenvalue weighted by Crippen LogP contribution is 2.30. The van der Waals surface area contributed by atoms with Crippen molar-refractivity contribution in [3.8, 4) is 0 Å². The summed E-state index contributed by atoms with van der Waals surface area (Å²) in [4.78, 5) is 36.0. The first-order valence-electron chi connectivity index (χ1n) is 7.75. The van der Waals surface area contributed by atoms with Crippen molar-refractivity contribution in [3.63, 3.8) is 0 Å². The molecule has 0 bridgehead atoms. The van der Waals surface area contributed by atoms with Crippen LogP contribution in [0.2, 0.25) is 0 Å². The van der Waals surface area contributed by atoms with Crippen molar-refractivity contribution in [2.24, 2.45) is 0 Å². The summed E-state index contributed by atoms with van der Waals surface area (Å²) in [7, 11) is 1.26. The highest BCUT2D eigenvalue weighted by Gasteiger charge is 2.22. The molecule has 6 nitrogen and oxygen atoms in total. The quantitative estimate of drug-likeness (QED) is 0.529. The highest BCUT2D eigenvalue weighted by molar-refractivity contribution is 7.17. The number of carbonyl (C=O) groups excluding carboxylic acids is 3. The van der Waals surface area contributed by atoms with Crippen LogP contribution in [0.3, 0.4) is 0 Å². The molecule has 0 aliphatic carbocycles. The number of hydrogen-bond donors (Lipinski definition) is 2. The Morgan fingerprint density at radius 3 is 2.62 bits per heavy atom. The van der Waals surface area contributed by atoms with Gasteiger partial charge in [0.2, 0.25) is 0 Å². The molecule has 0 spiro atoms. The van der Waals surface area contributed by atoms with Gasteiger partial charge in [-0.1, -0.05) is 18.2 Å². The van der Waals surface area contributed by atoms with Gasteiger partial charge in [0.05, 0.1) is 18.7 Å². The SMILES string of the molecule is COC(=O)c1ccsc1NC(=O)C(=O)NC(C)c1csc2ccccc12. The van der Waals surface area contributed by atoms with Crippen molar-refractivity contribution in [3.05, 3.63) is 52.2 Å². The normalized spacial score (nSPS) is 11.8. The summed E-state index contributed by atoms with van der Waals surface area (Å²) in [6.07, 6.45) is 0. The molecule has 1 atom stereocenters. The van der Waals surface area contributed by atoms with Crippen LogP contribution in [0.25, 0.3) is 10.1 Å². The summed E-state index contributed by atoms with van der Waals surface area (Å²) >= 11 is 2.73. The summed E-state index contributed by atoms with van der Waals surface area (Å²) in [6, 6.07) is 9.09. The fraction of sp³-hybridized carbons (Fsp3) is 0.167. The summed E-state index contributed by atoms with van der Waals surface area (Å²) in [5.41, 5.74) is 1.17. The largest absolute Gasteiger partial charge is 0.465 e. The van der Waals surface area contributed by atoms with Crippen LogP contribution in [0, 0.1) is 0 Å². The van der Waals surface area contributed by atoms with Crippen LogP contribution in [-0.4, -0.2) is 24.9 Å². The minimum absolute atomic E-state index is 0.218. The molecule has 0 aliphatic heterocycles. The Morgan fingerprint density at radius 1 is 1.08 bits per heavy atom. The third-order valence-electron chi connectivity index (χ3n) is 3.83. The Labute approximate surface area is 157 Å². The first kappa shape index (κ1) is 18.1. The minimum Gasteiger partial charge on any atom is -0.465 e. The summed E-state index contributed by atoms with van der Waals surface area (Å²) < 4.78 is 5.77. The maximum Gasteiger partial charge on any atom is 0.340 e. The summed E-state index contributed by atoms with van der Waals surface area (Å²) in [5.74, 6) is -2.17. The molecular weight excluding hydrogens is 372 g/mol. The van der Waals surface area contributed by atoms with Gasteiger partial charge in [0.1, 0.15) is 5.00 Å². The number of methoxy groups -OCH3 is 1. The van der Waals surface area contributed by atoms with Crippen LogP contribution in [0.1, 0.15) is 28.9 Å². The molecule has 0 fully saturated rings. The fourth-order valence-corrected chi connectivity index (χ4v) is 4.34. The van der Waals surface area contributed by atoms with Crippen molar-refractivity contribution >= 4 is 55.5 Å². The lowest BCUT2D eigenvalue weighted by Gasteiger charge is -2.13. The number of benzene rings is 1. The van der Waals surface area contributed by atoms with E-state index in [2.05, 4.69) is 15.4 Å². The second-order valence-corrected chi connectivity index (χ2v) is 7.32. The average molecular weight is 388 g/mol. The maximum absolute atomic E-state index is 12.2. The van der Waals surface area contributed by atoms with Gasteiger partial charge in [-0.15, -0.1) is 22.7 Å². The molecule has 3 aromatic rings. The Balaban J connectivity index is 1.69. The van der Waals surface area contributed by atoms with Crippen molar-refractivity contribution in [1.82, 2.24) is 5.32 Å². The Kier molecular flexibility index (Phi) is 5.34. The van der Waals surface area contributed by atoms with Crippen LogP contribution in [0.5, 0.6) is 0 Å². The number of rotatable bonds is 4. The zero-order valence-corrected chi connectivity index (χ0v) is 15.7. The smallest absolute Gasteiger partial charge is 0.340 e. The molecule has 0 saturated heterocycles. The van der Waals surface area contributed by atoms with Gasteiger partial charge in [0.15, 0.2) is 0 Å². The molecule has 134 valence electrons. The van der Waals surface area contributed by atoms with E-state index < -0.39 is 17.8 Å². The molecule has 2 aromatic heterocycles. The number of fused-ring (bicyclic) bond motifs is 1. The summed E-state index contributed by atoms with van der Waals surface area (Å²) in [6.45, 7) is 1.82. The number of esters is 1. The molecule has 1 aromatic carbocycles. The zero-order valence-electron chi connectivity index (χ0n) is 14.1. The van der Waals surface area contributed by atoms with E-state index in [9.17, 15) is 14.4 Å². The molecule has 3 rings (SSSR count). The molecule has 26 heavy (non-hydrogen) atoms. The topological polar surface area (TPSA) is 84.5 Å². The lowest BCUT2D eigenvalue weighted by molar-refractivity contribution is -0.136. The van der Waals surface area contributed by atoms with E-state index >= 15 is 0 Å². The van der Waals surface area contributed by atoms with E-state index in [-0.39, 0.29) is 16.6 Å². The second-order valence-electron chi connectivity index (χ2n) is 5.49. The highest BCUT2D eigenvalue weighted by atomic mass is 32.1.